The summed E-state index contributed by atoms with van der Waals surface area (Å²) in [6, 6.07) is 7.70. The molecule has 1 aromatic carbocycles. The topological polar surface area (TPSA) is 57.1 Å². The van der Waals surface area contributed by atoms with Gasteiger partial charge in [-0.3, -0.25) is 5.41 Å². The summed E-state index contributed by atoms with van der Waals surface area (Å²) in [4.78, 5) is 0. The summed E-state index contributed by atoms with van der Waals surface area (Å²) in [5.41, 5.74) is 1.78. The molecule has 4 heteroatoms. The molecule has 0 aliphatic carbocycles. The van der Waals surface area contributed by atoms with Crippen molar-refractivity contribution in [3.63, 3.8) is 0 Å². The highest BCUT2D eigenvalue weighted by atomic mass is 16.5. The van der Waals surface area contributed by atoms with Crippen LogP contribution in [0.1, 0.15) is 6.92 Å². The Kier molecular flexibility index (Phi) is 5.51. The standard InChI is InChI=1S/C14H19N3O/c1-11(14(15)16-2)7-6-10-17-12-8-4-5-9-13(12)18-3/h4-10,17H,1-3H3,(H2,15,16)/b10-6+,11-7+. The lowest BCUT2D eigenvalue weighted by molar-refractivity contribution is 0.417. The molecule has 0 aromatic heterocycles. The van der Waals surface area contributed by atoms with Gasteiger partial charge in [0.1, 0.15) is 11.6 Å². The Morgan fingerprint density at radius 1 is 1.33 bits per heavy atom. The Balaban J connectivity index is 2.62. The minimum absolute atomic E-state index is 0.414. The van der Waals surface area contributed by atoms with Crippen LogP contribution in [0.2, 0.25) is 0 Å². The second kappa shape index (κ2) is 7.17. The van der Waals surface area contributed by atoms with Gasteiger partial charge in [0.05, 0.1) is 12.8 Å². The van der Waals surface area contributed by atoms with Gasteiger partial charge in [0, 0.05) is 13.2 Å². The SMILES string of the molecule is CNC(=N)/C(C)=C/C=C/Nc1ccccc1OC. The molecule has 0 heterocycles. The molecular weight excluding hydrogens is 226 g/mol. The van der Waals surface area contributed by atoms with Crippen LogP contribution in [0.5, 0.6) is 5.75 Å². The lowest BCUT2D eigenvalue weighted by atomic mass is 10.2. The van der Waals surface area contributed by atoms with E-state index >= 15 is 0 Å². The van der Waals surface area contributed by atoms with Crippen LogP contribution in [0.15, 0.2) is 48.2 Å². The first-order chi connectivity index (χ1) is 8.69. The Bertz CT molecular complexity index is 464. The number of ether oxygens (including phenoxy) is 1. The van der Waals surface area contributed by atoms with Crippen LogP contribution < -0.4 is 15.4 Å². The van der Waals surface area contributed by atoms with Crippen molar-refractivity contribution in [2.45, 2.75) is 6.92 Å². The third-order valence-corrected chi connectivity index (χ3v) is 2.43. The quantitative estimate of drug-likeness (QED) is 0.425. The van der Waals surface area contributed by atoms with Crippen molar-refractivity contribution < 1.29 is 4.74 Å². The fraction of sp³-hybridized carbons (Fsp3) is 0.214. The number of allylic oxidation sites excluding steroid dienone is 2. The van der Waals surface area contributed by atoms with Gasteiger partial charge in [-0.2, -0.15) is 0 Å². The number of rotatable bonds is 5. The molecule has 0 spiro atoms. The maximum atomic E-state index is 7.55. The highest BCUT2D eigenvalue weighted by Crippen LogP contribution is 2.22. The van der Waals surface area contributed by atoms with Crippen molar-refractivity contribution in [2.24, 2.45) is 0 Å². The van der Waals surface area contributed by atoms with Crippen LogP contribution in [-0.2, 0) is 0 Å². The van der Waals surface area contributed by atoms with Crippen LogP contribution in [0, 0.1) is 5.41 Å². The maximum absolute atomic E-state index is 7.55. The number of para-hydroxylation sites is 2. The number of methoxy groups -OCH3 is 1. The first-order valence-corrected chi connectivity index (χ1v) is 5.68. The first-order valence-electron chi connectivity index (χ1n) is 5.68. The molecule has 3 N–H and O–H groups in total. The first kappa shape index (κ1) is 13.8. The molecular formula is C14H19N3O. The summed E-state index contributed by atoms with van der Waals surface area (Å²) in [6.45, 7) is 1.88. The van der Waals surface area contributed by atoms with Crippen LogP contribution >= 0.6 is 0 Å². The van der Waals surface area contributed by atoms with Gasteiger partial charge in [-0.05, 0) is 30.7 Å². The summed E-state index contributed by atoms with van der Waals surface area (Å²) in [7, 11) is 3.37. The zero-order valence-corrected chi connectivity index (χ0v) is 10.9. The van der Waals surface area contributed by atoms with E-state index in [9.17, 15) is 0 Å². The van der Waals surface area contributed by atoms with E-state index in [0.717, 1.165) is 17.0 Å². The zero-order chi connectivity index (χ0) is 13.4. The molecule has 0 saturated heterocycles. The van der Waals surface area contributed by atoms with E-state index in [2.05, 4.69) is 10.6 Å². The van der Waals surface area contributed by atoms with Gasteiger partial charge in [-0.25, -0.2) is 0 Å². The third-order valence-electron chi connectivity index (χ3n) is 2.43. The molecule has 0 atom stereocenters. The second-order valence-corrected chi connectivity index (χ2v) is 3.68. The number of amidine groups is 1. The number of hydrogen-bond acceptors (Lipinski definition) is 3. The molecule has 0 bridgehead atoms. The van der Waals surface area contributed by atoms with Crippen molar-refractivity contribution >= 4 is 11.5 Å². The third kappa shape index (κ3) is 3.97. The predicted molar refractivity (Wildman–Crippen MR) is 76.3 cm³/mol. The molecule has 1 aromatic rings. The van der Waals surface area contributed by atoms with Gasteiger partial charge in [0.15, 0.2) is 0 Å². The fourth-order valence-electron chi connectivity index (χ4n) is 1.37. The van der Waals surface area contributed by atoms with Crippen LogP contribution in [-0.4, -0.2) is 20.0 Å². The van der Waals surface area contributed by atoms with Gasteiger partial charge >= 0.3 is 0 Å². The highest BCUT2D eigenvalue weighted by Gasteiger charge is 1.97. The van der Waals surface area contributed by atoms with Crippen LogP contribution in [0.4, 0.5) is 5.69 Å². The molecule has 0 amide bonds. The fourth-order valence-corrected chi connectivity index (χ4v) is 1.37. The average Bonchev–Trinajstić information content (AvgIpc) is 2.42. The number of anilines is 1. The lowest BCUT2D eigenvalue weighted by Crippen LogP contribution is -2.17. The molecule has 0 radical (unpaired) electrons. The molecule has 18 heavy (non-hydrogen) atoms. The number of benzene rings is 1. The number of nitrogens with one attached hydrogen (secondary N) is 3. The summed E-state index contributed by atoms with van der Waals surface area (Å²) in [5.74, 6) is 1.21. The molecule has 0 saturated carbocycles. The summed E-state index contributed by atoms with van der Waals surface area (Å²) < 4.78 is 5.22. The number of hydrogen-bond donors (Lipinski definition) is 3. The Labute approximate surface area is 108 Å². The largest absolute Gasteiger partial charge is 0.495 e. The number of likely N-dealkylation sites (N-methyl/N-ethyl adjacent to an activating group) is 1. The van der Waals surface area contributed by atoms with Gasteiger partial charge in [-0.15, -0.1) is 0 Å². The summed E-state index contributed by atoms with van der Waals surface area (Å²) in [5, 5.41) is 13.5. The smallest absolute Gasteiger partial charge is 0.142 e. The van der Waals surface area contributed by atoms with E-state index in [1.165, 1.54) is 0 Å². The van der Waals surface area contributed by atoms with Crippen molar-refractivity contribution in [3.05, 3.63) is 48.2 Å². The van der Waals surface area contributed by atoms with E-state index < -0.39 is 0 Å². The normalized spacial score (nSPS) is 11.4. The minimum atomic E-state index is 0.414. The van der Waals surface area contributed by atoms with E-state index in [0.29, 0.717) is 5.84 Å². The van der Waals surface area contributed by atoms with E-state index in [4.69, 9.17) is 10.1 Å². The van der Waals surface area contributed by atoms with E-state index in [1.807, 2.05) is 49.5 Å². The second-order valence-electron chi connectivity index (χ2n) is 3.68. The Morgan fingerprint density at radius 2 is 2.06 bits per heavy atom. The molecule has 4 nitrogen and oxygen atoms in total. The maximum Gasteiger partial charge on any atom is 0.142 e. The van der Waals surface area contributed by atoms with Crippen molar-refractivity contribution in [3.8, 4) is 5.75 Å². The predicted octanol–water partition coefficient (Wildman–Crippen LogP) is 2.76. The molecule has 96 valence electrons. The Morgan fingerprint density at radius 3 is 2.72 bits per heavy atom. The van der Waals surface area contributed by atoms with Gasteiger partial charge in [0.25, 0.3) is 0 Å². The van der Waals surface area contributed by atoms with Crippen LogP contribution in [0.25, 0.3) is 0 Å². The van der Waals surface area contributed by atoms with Crippen molar-refractivity contribution in [1.29, 1.82) is 5.41 Å². The van der Waals surface area contributed by atoms with Gasteiger partial charge in [-0.1, -0.05) is 18.2 Å². The monoisotopic (exact) mass is 245 g/mol. The zero-order valence-electron chi connectivity index (χ0n) is 10.9. The summed E-state index contributed by atoms with van der Waals surface area (Å²) >= 11 is 0. The Hall–Kier alpha value is -2.23. The van der Waals surface area contributed by atoms with Crippen molar-refractivity contribution in [1.82, 2.24) is 5.32 Å². The van der Waals surface area contributed by atoms with Gasteiger partial charge in [0.2, 0.25) is 0 Å². The van der Waals surface area contributed by atoms with E-state index in [1.54, 1.807) is 14.2 Å². The molecule has 0 aliphatic rings. The van der Waals surface area contributed by atoms with E-state index in [-0.39, 0.29) is 0 Å². The molecule has 0 fully saturated rings. The van der Waals surface area contributed by atoms with Crippen molar-refractivity contribution in [2.75, 3.05) is 19.5 Å². The minimum Gasteiger partial charge on any atom is -0.495 e. The molecule has 0 unspecified atom stereocenters. The summed E-state index contributed by atoms with van der Waals surface area (Å²) in [6.07, 6.45) is 5.53. The van der Waals surface area contributed by atoms with Gasteiger partial charge < -0.3 is 15.4 Å². The van der Waals surface area contributed by atoms with Crippen LogP contribution in [0.3, 0.4) is 0 Å². The average molecular weight is 245 g/mol. The molecule has 0 aliphatic heterocycles. The lowest BCUT2D eigenvalue weighted by Gasteiger charge is -2.06. The molecule has 1 rings (SSSR count). The highest BCUT2D eigenvalue weighted by molar-refractivity contribution is 5.95.